The van der Waals surface area contributed by atoms with Crippen molar-refractivity contribution in [2.24, 2.45) is 5.73 Å². The van der Waals surface area contributed by atoms with E-state index in [-0.39, 0.29) is 18.4 Å². The highest BCUT2D eigenvalue weighted by molar-refractivity contribution is 5.92. The SMILES string of the molecule is CCNC(=O)CC(C(N)=O)(c1ccccc1)N1CCCc2cc(OC)c(OC)cc2C1Cc1ccc(OC)c(OC)c1. The van der Waals surface area contributed by atoms with Crippen LogP contribution in [0.15, 0.2) is 60.7 Å². The number of fused-ring (bicyclic) bond motifs is 1. The Morgan fingerprint density at radius 3 is 2.17 bits per heavy atom. The first-order valence-electron chi connectivity index (χ1n) is 14.2. The minimum atomic E-state index is -1.42. The number of benzene rings is 3. The van der Waals surface area contributed by atoms with Crippen LogP contribution in [-0.4, -0.2) is 58.2 Å². The summed E-state index contributed by atoms with van der Waals surface area (Å²) >= 11 is 0. The number of rotatable bonds is 12. The zero-order valence-electron chi connectivity index (χ0n) is 25.1. The molecule has 0 fully saturated rings. The van der Waals surface area contributed by atoms with Gasteiger partial charge in [0.15, 0.2) is 23.0 Å². The standard InChI is InChI=1S/C33H41N3O6/c1-6-35-31(37)21-33(32(34)38,24-12-8-7-9-13-24)36-16-10-11-23-19-29(41-4)30(42-5)20-25(23)26(36)17-22-14-15-27(39-2)28(18-22)40-3/h7-9,12-15,18-20,26H,6,10-11,16-17,21H2,1-5H3,(H2,34,38)(H,35,37). The fraction of sp³-hybridized carbons (Fsp3) is 0.394. The largest absolute Gasteiger partial charge is 0.493 e. The van der Waals surface area contributed by atoms with E-state index in [1.165, 1.54) is 0 Å². The number of aryl methyl sites for hydroxylation is 1. The number of nitrogens with one attached hydrogen (secondary N) is 1. The smallest absolute Gasteiger partial charge is 0.243 e. The highest BCUT2D eigenvalue weighted by Gasteiger charge is 2.49. The van der Waals surface area contributed by atoms with Gasteiger partial charge in [-0.25, -0.2) is 0 Å². The summed E-state index contributed by atoms with van der Waals surface area (Å²) in [4.78, 5) is 29.2. The van der Waals surface area contributed by atoms with Gasteiger partial charge in [-0.3, -0.25) is 14.5 Å². The van der Waals surface area contributed by atoms with E-state index >= 15 is 0 Å². The lowest BCUT2D eigenvalue weighted by Crippen LogP contribution is -2.58. The third-order valence-corrected chi connectivity index (χ3v) is 8.04. The Labute approximate surface area is 247 Å². The van der Waals surface area contributed by atoms with Gasteiger partial charge < -0.3 is 30.0 Å². The van der Waals surface area contributed by atoms with Crippen LogP contribution in [-0.2, 0) is 28.0 Å². The van der Waals surface area contributed by atoms with Crippen molar-refractivity contribution in [2.45, 2.75) is 44.2 Å². The van der Waals surface area contributed by atoms with E-state index in [2.05, 4.69) is 10.2 Å². The molecule has 9 heteroatoms. The molecule has 0 bridgehead atoms. The van der Waals surface area contributed by atoms with Crippen molar-refractivity contribution in [2.75, 3.05) is 41.5 Å². The zero-order valence-corrected chi connectivity index (χ0v) is 25.1. The van der Waals surface area contributed by atoms with Crippen molar-refractivity contribution in [3.63, 3.8) is 0 Å². The molecule has 3 aromatic rings. The molecule has 2 unspecified atom stereocenters. The quantitative estimate of drug-likeness (QED) is 0.334. The van der Waals surface area contributed by atoms with Crippen molar-refractivity contribution in [1.29, 1.82) is 0 Å². The van der Waals surface area contributed by atoms with Gasteiger partial charge in [-0.15, -0.1) is 0 Å². The first-order valence-corrected chi connectivity index (χ1v) is 14.2. The third-order valence-electron chi connectivity index (χ3n) is 8.04. The third kappa shape index (κ3) is 6.01. The monoisotopic (exact) mass is 575 g/mol. The van der Waals surface area contributed by atoms with Gasteiger partial charge in [0.25, 0.3) is 0 Å². The van der Waals surface area contributed by atoms with E-state index in [1.54, 1.807) is 28.4 Å². The second-order valence-corrected chi connectivity index (χ2v) is 10.3. The molecule has 4 rings (SSSR count). The fourth-order valence-corrected chi connectivity index (χ4v) is 6.08. The van der Waals surface area contributed by atoms with Gasteiger partial charge in [0.1, 0.15) is 5.54 Å². The molecule has 0 radical (unpaired) electrons. The van der Waals surface area contributed by atoms with Gasteiger partial charge in [-0.05, 0) is 72.7 Å². The van der Waals surface area contributed by atoms with E-state index in [0.717, 1.165) is 29.5 Å². The molecule has 1 heterocycles. The molecule has 3 N–H and O–H groups in total. The van der Waals surface area contributed by atoms with Crippen LogP contribution in [0.1, 0.15) is 48.1 Å². The summed E-state index contributed by atoms with van der Waals surface area (Å²) in [5.74, 6) is 1.62. The van der Waals surface area contributed by atoms with Crippen LogP contribution in [0, 0.1) is 0 Å². The first kappa shape index (κ1) is 30.7. The Morgan fingerprint density at radius 2 is 1.55 bits per heavy atom. The van der Waals surface area contributed by atoms with Crippen molar-refractivity contribution in [3.8, 4) is 23.0 Å². The van der Waals surface area contributed by atoms with Crippen molar-refractivity contribution in [3.05, 3.63) is 82.9 Å². The van der Waals surface area contributed by atoms with E-state index < -0.39 is 11.4 Å². The van der Waals surface area contributed by atoms with Crippen LogP contribution in [0.2, 0.25) is 0 Å². The average molecular weight is 576 g/mol. The van der Waals surface area contributed by atoms with E-state index in [4.69, 9.17) is 24.7 Å². The Hall–Kier alpha value is -4.24. The lowest BCUT2D eigenvalue weighted by molar-refractivity contribution is -0.140. The predicted octanol–water partition coefficient (Wildman–Crippen LogP) is 4.16. The molecule has 0 saturated heterocycles. The summed E-state index contributed by atoms with van der Waals surface area (Å²) in [5.41, 5.74) is 8.64. The summed E-state index contributed by atoms with van der Waals surface area (Å²) in [5, 5.41) is 2.88. The van der Waals surface area contributed by atoms with Crippen LogP contribution in [0.4, 0.5) is 0 Å². The van der Waals surface area contributed by atoms with Crippen LogP contribution < -0.4 is 30.0 Å². The summed E-state index contributed by atoms with van der Waals surface area (Å²) in [6.45, 7) is 2.82. The molecule has 224 valence electrons. The van der Waals surface area contributed by atoms with Crippen molar-refractivity contribution in [1.82, 2.24) is 10.2 Å². The minimum absolute atomic E-state index is 0.120. The molecule has 2 amide bonds. The van der Waals surface area contributed by atoms with Gasteiger partial charge >= 0.3 is 0 Å². The van der Waals surface area contributed by atoms with Crippen LogP contribution in [0.3, 0.4) is 0 Å². The molecule has 0 spiro atoms. The van der Waals surface area contributed by atoms with Crippen molar-refractivity contribution < 1.29 is 28.5 Å². The Morgan fingerprint density at radius 1 is 0.905 bits per heavy atom. The molecule has 9 nitrogen and oxygen atoms in total. The zero-order chi connectivity index (χ0) is 30.3. The molecule has 0 aliphatic carbocycles. The second kappa shape index (κ2) is 13.6. The summed E-state index contributed by atoms with van der Waals surface area (Å²) in [6.07, 6.45) is 1.87. The highest BCUT2D eigenvalue weighted by Crippen LogP contribution is 2.46. The number of hydrogen-bond donors (Lipinski definition) is 2. The Balaban J connectivity index is 1.98. The maximum absolute atomic E-state index is 13.8. The van der Waals surface area contributed by atoms with E-state index in [0.29, 0.717) is 48.1 Å². The maximum Gasteiger partial charge on any atom is 0.243 e. The molecule has 1 aliphatic heterocycles. The molecule has 1 aliphatic rings. The Bertz CT molecular complexity index is 1400. The summed E-state index contributed by atoms with van der Waals surface area (Å²) in [6, 6.07) is 18.8. The summed E-state index contributed by atoms with van der Waals surface area (Å²) in [7, 11) is 6.43. The number of amides is 2. The van der Waals surface area contributed by atoms with E-state index in [1.807, 2.05) is 67.6 Å². The lowest BCUT2D eigenvalue weighted by Gasteiger charge is -2.46. The molecule has 0 aromatic heterocycles. The number of nitrogens with zero attached hydrogens (tertiary/aromatic N) is 1. The van der Waals surface area contributed by atoms with Gasteiger partial charge in [0.05, 0.1) is 34.9 Å². The fourth-order valence-electron chi connectivity index (χ4n) is 6.08. The molecule has 42 heavy (non-hydrogen) atoms. The van der Waals surface area contributed by atoms with Crippen molar-refractivity contribution >= 4 is 11.8 Å². The number of nitrogens with two attached hydrogens (primary N) is 1. The number of primary amides is 1. The molecule has 0 saturated carbocycles. The highest BCUT2D eigenvalue weighted by atomic mass is 16.5. The molecular formula is C33H41N3O6. The molecule has 2 atom stereocenters. The number of carbonyl (C=O) groups is 2. The first-order chi connectivity index (χ1) is 20.3. The number of carbonyl (C=O) groups excluding carboxylic acids is 2. The predicted molar refractivity (Wildman–Crippen MR) is 161 cm³/mol. The summed E-state index contributed by atoms with van der Waals surface area (Å²) < 4.78 is 22.4. The van der Waals surface area contributed by atoms with Gasteiger partial charge in [-0.2, -0.15) is 0 Å². The number of hydrogen-bond acceptors (Lipinski definition) is 7. The second-order valence-electron chi connectivity index (χ2n) is 10.3. The Kier molecular flexibility index (Phi) is 9.96. The van der Waals surface area contributed by atoms with Crippen LogP contribution in [0.25, 0.3) is 0 Å². The lowest BCUT2D eigenvalue weighted by atomic mass is 9.80. The van der Waals surface area contributed by atoms with Crippen LogP contribution in [0.5, 0.6) is 23.0 Å². The molecule has 3 aromatic carbocycles. The van der Waals surface area contributed by atoms with Gasteiger partial charge in [0.2, 0.25) is 11.8 Å². The average Bonchev–Trinajstić information content (AvgIpc) is 3.18. The minimum Gasteiger partial charge on any atom is -0.493 e. The van der Waals surface area contributed by atoms with Gasteiger partial charge in [-0.1, -0.05) is 36.4 Å². The topological polar surface area (TPSA) is 112 Å². The van der Waals surface area contributed by atoms with Crippen LogP contribution >= 0.6 is 0 Å². The van der Waals surface area contributed by atoms with Gasteiger partial charge in [0, 0.05) is 19.1 Å². The molecular weight excluding hydrogens is 534 g/mol. The number of ether oxygens (including phenoxy) is 4. The number of methoxy groups -OCH3 is 4. The normalized spacial score (nSPS) is 16.4. The maximum atomic E-state index is 13.8. The van der Waals surface area contributed by atoms with E-state index in [9.17, 15) is 9.59 Å².